The third kappa shape index (κ3) is 5.73. The Hall–Kier alpha value is -2.08. The van der Waals surface area contributed by atoms with Crippen LogP contribution in [0.15, 0.2) is 54.6 Å². The lowest BCUT2D eigenvalue weighted by atomic mass is 10.1. The van der Waals surface area contributed by atoms with Crippen LogP contribution in [0.2, 0.25) is 0 Å². The molecule has 6 heteroatoms. The van der Waals surface area contributed by atoms with Gasteiger partial charge in [0.2, 0.25) is 5.91 Å². The van der Waals surface area contributed by atoms with Crippen LogP contribution < -0.4 is 15.4 Å². The molecule has 2 aromatic rings. The molecular weight excluding hydrogens is 352 g/mol. The van der Waals surface area contributed by atoms with Crippen LogP contribution >= 0.6 is 12.4 Å². The van der Waals surface area contributed by atoms with Crippen molar-refractivity contribution in [2.75, 3.05) is 13.1 Å². The SMILES string of the molecule is Cl.O=C(NCC(O)c1cccc(OCc2ccccc2)c1)C1CCCN1. The molecule has 0 saturated carbocycles. The van der Waals surface area contributed by atoms with Crippen molar-refractivity contribution in [2.45, 2.75) is 31.6 Å². The molecule has 0 radical (unpaired) electrons. The molecule has 2 atom stereocenters. The van der Waals surface area contributed by atoms with E-state index in [-0.39, 0.29) is 30.9 Å². The topological polar surface area (TPSA) is 70.6 Å². The van der Waals surface area contributed by atoms with Crippen LogP contribution in [0.5, 0.6) is 5.75 Å². The summed E-state index contributed by atoms with van der Waals surface area (Å²) >= 11 is 0. The average molecular weight is 377 g/mol. The van der Waals surface area contributed by atoms with Crippen LogP contribution in [0.25, 0.3) is 0 Å². The Kier molecular flexibility index (Phi) is 7.91. The van der Waals surface area contributed by atoms with Crippen molar-refractivity contribution in [3.05, 3.63) is 65.7 Å². The largest absolute Gasteiger partial charge is 0.489 e. The number of ether oxygens (including phenoxy) is 1. The number of amides is 1. The molecule has 0 spiro atoms. The van der Waals surface area contributed by atoms with Crippen LogP contribution in [0.1, 0.15) is 30.1 Å². The van der Waals surface area contributed by atoms with Gasteiger partial charge in [0.1, 0.15) is 12.4 Å². The molecule has 5 nitrogen and oxygen atoms in total. The molecular formula is C20H25ClN2O3. The number of carbonyl (C=O) groups excluding carboxylic acids is 1. The van der Waals surface area contributed by atoms with Gasteiger partial charge in [0.25, 0.3) is 0 Å². The van der Waals surface area contributed by atoms with Gasteiger partial charge in [-0.3, -0.25) is 4.79 Å². The number of aliphatic hydroxyl groups excluding tert-OH is 1. The van der Waals surface area contributed by atoms with Crippen LogP contribution in [0, 0.1) is 0 Å². The number of halogens is 1. The van der Waals surface area contributed by atoms with Crippen molar-refractivity contribution in [1.82, 2.24) is 10.6 Å². The minimum Gasteiger partial charge on any atom is -0.489 e. The van der Waals surface area contributed by atoms with Gasteiger partial charge >= 0.3 is 0 Å². The van der Waals surface area contributed by atoms with Gasteiger partial charge in [0, 0.05) is 6.54 Å². The van der Waals surface area contributed by atoms with E-state index < -0.39 is 6.10 Å². The zero-order valence-corrected chi connectivity index (χ0v) is 15.4. The minimum atomic E-state index is -0.759. The number of benzene rings is 2. The van der Waals surface area contributed by atoms with Gasteiger partial charge in [0.15, 0.2) is 0 Å². The fourth-order valence-electron chi connectivity index (χ4n) is 2.90. The molecule has 1 aliphatic rings. The normalized spacial score (nSPS) is 17.2. The Morgan fingerprint density at radius 1 is 1.23 bits per heavy atom. The van der Waals surface area contributed by atoms with Crippen molar-refractivity contribution in [2.24, 2.45) is 0 Å². The van der Waals surface area contributed by atoms with E-state index in [1.165, 1.54) is 0 Å². The van der Waals surface area contributed by atoms with Crippen LogP contribution in [-0.4, -0.2) is 30.1 Å². The van der Waals surface area contributed by atoms with Crippen LogP contribution in [0.3, 0.4) is 0 Å². The van der Waals surface area contributed by atoms with E-state index in [0.29, 0.717) is 12.4 Å². The van der Waals surface area contributed by atoms with Gasteiger partial charge in [0.05, 0.1) is 12.1 Å². The highest BCUT2D eigenvalue weighted by Crippen LogP contribution is 2.20. The summed E-state index contributed by atoms with van der Waals surface area (Å²) in [6.45, 7) is 1.55. The Morgan fingerprint density at radius 3 is 2.77 bits per heavy atom. The van der Waals surface area contributed by atoms with Crippen molar-refractivity contribution >= 4 is 18.3 Å². The third-order valence-electron chi connectivity index (χ3n) is 4.34. The lowest BCUT2D eigenvalue weighted by Crippen LogP contribution is -2.41. The Balaban J connectivity index is 0.00000243. The summed E-state index contributed by atoms with van der Waals surface area (Å²) in [6, 6.07) is 17.1. The lowest BCUT2D eigenvalue weighted by Gasteiger charge is -2.16. The van der Waals surface area contributed by atoms with E-state index >= 15 is 0 Å². The summed E-state index contributed by atoms with van der Waals surface area (Å²) < 4.78 is 5.78. The summed E-state index contributed by atoms with van der Waals surface area (Å²) in [4.78, 5) is 12.0. The number of hydrogen-bond acceptors (Lipinski definition) is 4. The highest BCUT2D eigenvalue weighted by Gasteiger charge is 2.22. The first-order chi connectivity index (χ1) is 12.2. The summed E-state index contributed by atoms with van der Waals surface area (Å²) in [5.74, 6) is 0.650. The van der Waals surface area contributed by atoms with Crippen molar-refractivity contribution in [3.63, 3.8) is 0 Å². The number of carbonyl (C=O) groups is 1. The standard InChI is InChI=1S/C20H24N2O3.ClH/c23-19(13-22-20(24)18-10-5-11-21-18)16-8-4-9-17(12-16)25-14-15-6-2-1-3-7-15;/h1-4,6-9,12,18-19,21,23H,5,10-11,13-14H2,(H,22,24);1H. The molecule has 0 aromatic heterocycles. The maximum Gasteiger partial charge on any atom is 0.237 e. The maximum atomic E-state index is 12.0. The highest BCUT2D eigenvalue weighted by molar-refractivity contribution is 5.85. The van der Waals surface area contributed by atoms with E-state index in [0.717, 1.165) is 30.5 Å². The van der Waals surface area contributed by atoms with Crippen molar-refractivity contribution in [3.8, 4) is 5.75 Å². The van der Waals surface area contributed by atoms with Gasteiger partial charge < -0.3 is 20.5 Å². The van der Waals surface area contributed by atoms with Crippen molar-refractivity contribution < 1.29 is 14.6 Å². The summed E-state index contributed by atoms with van der Waals surface area (Å²) in [7, 11) is 0. The second-order valence-corrected chi connectivity index (χ2v) is 6.26. The minimum absolute atomic E-state index is 0. The van der Waals surface area contributed by atoms with E-state index in [1.807, 2.05) is 54.6 Å². The number of aliphatic hydroxyl groups is 1. The molecule has 1 amide bonds. The third-order valence-corrected chi connectivity index (χ3v) is 4.34. The van der Waals surface area contributed by atoms with Gasteiger partial charge in [-0.25, -0.2) is 0 Å². The van der Waals surface area contributed by atoms with Crippen LogP contribution in [-0.2, 0) is 11.4 Å². The van der Waals surface area contributed by atoms with E-state index in [9.17, 15) is 9.90 Å². The number of rotatable bonds is 7. The maximum absolute atomic E-state index is 12.0. The average Bonchev–Trinajstić information content (AvgIpc) is 3.20. The lowest BCUT2D eigenvalue weighted by molar-refractivity contribution is -0.123. The monoisotopic (exact) mass is 376 g/mol. The number of nitrogens with one attached hydrogen (secondary N) is 2. The second-order valence-electron chi connectivity index (χ2n) is 6.26. The van der Waals surface area contributed by atoms with Crippen molar-refractivity contribution in [1.29, 1.82) is 0 Å². The Morgan fingerprint density at radius 2 is 2.04 bits per heavy atom. The first kappa shape index (κ1) is 20.2. The predicted molar refractivity (Wildman–Crippen MR) is 103 cm³/mol. The summed E-state index contributed by atoms with van der Waals surface area (Å²) in [5.41, 5.74) is 1.81. The van der Waals surface area contributed by atoms with E-state index in [4.69, 9.17) is 4.74 Å². The Bertz CT molecular complexity index is 690. The molecule has 1 aliphatic heterocycles. The molecule has 2 unspecified atom stereocenters. The zero-order chi connectivity index (χ0) is 17.5. The number of hydrogen-bond donors (Lipinski definition) is 3. The zero-order valence-electron chi connectivity index (χ0n) is 14.6. The van der Waals surface area contributed by atoms with Gasteiger partial charge in [-0.1, -0.05) is 42.5 Å². The smallest absolute Gasteiger partial charge is 0.237 e. The molecule has 140 valence electrons. The summed E-state index contributed by atoms with van der Waals surface area (Å²) in [5, 5.41) is 16.3. The highest BCUT2D eigenvalue weighted by atomic mass is 35.5. The van der Waals surface area contributed by atoms with Gasteiger partial charge in [-0.2, -0.15) is 0 Å². The molecule has 2 aromatic carbocycles. The first-order valence-electron chi connectivity index (χ1n) is 8.68. The first-order valence-corrected chi connectivity index (χ1v) is 8.68. The molecule has 0 aliphatic carbocycles. The van der Waals surface area contributed by atoms with Gasteiger partial charge in [-0.05, 0) is 42.6 Å². The fraction of sp³-hybridized carbons (Fsp3) is 0.350. The molecule has 1 heterocycles. The van der Waals surface area contributed by atoms with Crippen LogP contribution in [0.4, 0.5) is 0 Å². The van der Waals surface area contributed by atoms with E-state index in [2.05, 4.69) is 10.6 Å². The molecule has 3 rings (SSSR count). The molecule has 3 N–H and O–H groups in total. The molecule has 0 bridgehead atoms. The fourth-order valence-corrected chi connectivity index (χ4v) is 2.90. The second kappa shape index (κ2) is 10.2. The predicted octanol–water partition coefficient (Wildman–Crippen LogP) is 2.59. The van der Waals surface area contributed by atoms with E-state index in [1.54, 1.807) is 0 Å². The molecule has 1 fully saturated rings. The quantitative estimate of drug-likeness (QED) is 0.694. The molecule has 26 heavy (non-hydrogen) atoms. The van der Waals surface area contributed by atoms with Gasteiger partial charge in [-0.15, -0.1) is 12.4 Å². The Labute approximate surface area is 160 Å². The molecule has 1 saturated heterocycles. The summed E-state index contributed by atoms with van der Waals surface area (Å²) in [6.07, 6.45) is 1.11.